The van der Waals surface area contributed by atoms with Crippen molar-refractivity contribution in [1.29, 1.82) is 0 Å². The molecule has 1 aliphatic heterocycles. The summed E-state index contributed by atoms with van der Waals surface area (Å²) < 4.78 is 20.0. The predicted molar refractivity (Wildman–Crippen MR) is 137 cm³/mol. The minimum atomic E-state index is -0.444. The van der Waals surface area contributed by atoms with Crippen molar-refractivity contribution in [2.45, 2.75) is 26.3 Å². The van der Waals surface area contributed by atoms with Crippen LogP contribution in [-0.2, 0) is 11.2 Å². The van der Waals surface area contributed by atoms with Gasteiger partial charge in [-0.25, -0.2) is 4.39 Å². The van der Waals surface area contributed by atoms with Gasteiger partial charge in [-0.05, 0) is 53.6 Å². The average Bonchev–Trinajstić information content (AvgIpc) is 3.32. The second kappa shape index (κ2) is 11.2. The highest BCUT2D eigenvalue weighted by atomic mass is 35.5. The molecule has 2 amide bonds. The number of halogens is 2. The summed E-state index contributed by atoms with van der Waals surface area (Å²) in [5, 5.41) is 2.36. The Morgan fingerprint density at radius 1 is 1.17 bits per heavy atom. The molecule has 1 unspecified atom stereocenters. The molecule has 0 bridgehead atoms. The molecular weight excluding hydrogens is 487 g/mol. The van der Waals surface area contributed by atoms with Crippen LogP contribution in [0.1, 0.15) is 40.7 Å². The fourth-order valence-corrected chi connectivity index (χ4v) is 5.47. The fourth-order valence-electron chi connectivity index (χ4n) is 4.32. The summed E-state index contributed by atoms with van der Waals surface area (Å²) in [6.07, 6.45) is 0.734. The molecular formula is C27H28ClFN2O3S. The Morgan fingerprint density at radius 3 is 2.66 bits per heavy atom. The largest absolute Gasteiger partial charge is 0.488 e. The topological polar surface area (TPSA) is 49.9 Å². The summed E-state index contributed by atoms with van der Waals surface area (Å²) in [7, 11) is 0. The molecule has 0 spiro atoms. The number of amides is 2. The van der Waals surface area contributed by atoms with Crippen molar-refractivity contribution in [3.05, 3.63) is 86.8 Å². The van der Waals surface area contributed by atoms with Crippen molar-refractivity contribution < 1.29 is 18.7 Å². The zero-order chi connectivity index (χ0) is 24.9. The maximum absolute atomic E-state index is 14.2. The van der Waals surface area contributed by atoms with Crippen LogP contribution in [0.2, 0.25) is 5.02 Å². The Morgan fingerprint density at radius 2 is 1.91 bits per heavy atom. The molecule has 4 rings (SSSR count). The van der Waals surface area contributed by atoms with E-state index in [1.54, 1.807) is 63.6 Å². The van der Waals surface area contributed by atoms with Gasteiger partial charge in [0.05, 0.1) is 16.6 Å². The lowest BCUT2D eigenvalue weighted by atomic mass is 10.00. The van der Waals surface area contributed by atoms with Gasteiger partial charge in [0.1, 0.15) is 13.2 Å². The number of thiophene rings is 1. The maximum Gasteiger partial charge on any atom is 0.255 e. The third-order valence-corrected chi connectivity index (χ3v) is 7.28. The van der Waals surface area contributed by atoms with E-state index in [2.05, 4.69) is 0 Å². The lowest BCUT2D eigenvalue weighted by molar-refractivity contribution is -0.135. The van der Waals surface area contributed by atoms with Crippen LogP contribution >= 0.6 is 22.9 Å². The van der Waals surface area contributed by atoms with Gasteiger partial charge in [-0.2, -0.15) is 0 Å². The molecule has 184 valence electrons. The minimum Gasteiger partial charge on any atom is -0.488 e. The molecule has 0 aliphatic carbocycles. The normalized spacial score (nSPS) is 15.1. The molecule has 5 nitrogen and oxygen atoms in total. The third-order valence-electron chi connectivity index (χ3n) is 5.95. The number of carbonyl (C=O) groups is 2. The number of fused-ring (bicyclic) bond motifs is 1. The van der Waals surface area contributed by atoms with Crippen molar-refractivity contribution in [2.75, 3.05) is 26.2 Å². The first kappa shape index (κ1) is 25.2. The van der Waals surface area contributed by atoms with Crippen LogP contribution in [-0.4, -0.2) is 47.9 Å². The Bertz CT molecular complexity index is 1200. The lowest BCUT2D eigenvalue weighted by Crippen LogP contribution is -2.48. The van der Waals surface area contributed by atoms with Gasteiger partial charge < -0.3 is 14.5 Å². The number of rotatable bonds is 8. The molecule has 0 saturated carbocycles. The zero-order valence-electron chi connectivity index (χ0n) is 19.7. The standard InChI is InChI=1S/C27H28ClFN2O3S/c1-18(2)15-30(27(33)19-7-3-4-8-21(19)28)16-26(32)31-13-11-25-20(12-14-35-25)23(31)17-34-24-10-6-5-9-22(24)29/h3-10,12,14,18,23H,11,13,15-17H2,1-2H3. The second-order valence-electron chi connectivity index (χ2n) is 8.95. The molecule has 1 aliphatic rings. The van der Waals surface area contributed by atoms with Gasteiger partial charge in [-0.1, -0.05) is 49.7 Å². The SMILES string of the molecule is CC(C)CN(CC(=O)N1CCc2sccc2C1COc1ccccc1F)C(=O)c1ccccc1Cl. The molecule has 0 fully saturated rings. The van der Waals surface area contributed by atoms with E-state index >= 15 is 0 Å². The predicted octanol–water partition coefficient (Wildman–Crippen LogP) is 5.84. The smallest absolute Gasteiger partial charge is 0.255 e. The van der Waals surface area contributed by atoms with E-state index in [0.717, 1.165) is 12.0 Å². The van der Waals surface area contributed by atoms with Crippen LogP contribution in [0.25, 0.3) is 0 Å². The number of para-hydroxylation sites is 1. The first-order valence-electron chi connectivity index (χ1n) is 11.6. The number of benzene rings is 2. The van der Waals surface area contributed by atoms with Crippen molar-refractivity contribution in [1.82, 2.24) is 9.80 Å². The Balaban J connectivity index is 1.55. The fraction of sp³-hybridized carbons (Fsp3) is 0.333. The van der Waals surface area contributed by atoms with E-state index in [1.165, 1.54) is 10.9 Å². The summed E-state index contributed by atoms with van der Waals surface area (Å²) >= 11 is 7.92. The molecule has 1 aromatic heterocycles. The maximum atomic E-state index is 14.2. The molecule has 2 aromatic carbocycles. The van der Waals surface area contributed by atoms with Crippen LogP contribution in [0.5, 0.6) is 5.75 Å². The van der Waals surface area contributed by atoms with Gasteiger partial charge in [0, 0.05) is 18.0 Å². The number of hydrogen-bond donors (Lipinski definition) is 0. The Hall–Kier alpha value is -2.90. The molecule has 35 heavy (non-hydrogen) atoms. The summed E-state index contributed by atoms with van der Waals surface area (Å²) in [4.78, 5) is 31.4. The molecule has 3 aromatic rings. The number of carbonyl (C=O) groups excluding carboxylic acids is 2. The van der Waals surface area contributed by atoms with E-state index in [0.29, 0.717) is 23.7 Å². The van der Waals surface area contributed by atoms with Gasteiger partial charge in [0.15, 0.2) is 11.6 Å². The van der Waals surface area contributed by atoms with E-state index in [9.17, 15) is 14.0 Å². The van der Waals surface area contributed by atoms with Crippen LogP contribution in [0.15, 0.2) is 60.0 Å². The highest BCUT2D eigenvalue weighted by Crippen LogP contribution is 2.34. The van der Waals surface area contributed by atoms with Crippen LogP contribution < -0.4 is 4.74 Å². The molecule has 0 radical (unpaired) electrons. The van der Waals surface area contributed by atoms with Crippen LogP contribution in [0.3, 0.4) is 0 Å². The summed E-state index contributed by atoms with van der Waals surface area (Å²) in [6.45, 7) is 4.98. The van der Waals surface area contributed by atoms with Crippen molar-refractivity contribution in [3.8, 4) is 5.75 Å². The highest BCUT2D eigenvalue weighted by molar-refractivity contribution is 7.10. The molecule has 8 heteroatoms. The molecule has 0 N–H and O–H groups in total. The van der Waals surface area contributed by atoms with Gasteiger partial charge in [-0.3, -0.25) is 9.59 Å². The van der Waals surface area contributed by atoms with Gasteiger partial charge in [0.2, 0.25) is 5.91 Å². The third kappa shape index (κ3) is 5.85. The quantitative estimate of drug-likeness (QED) is 0.379. The van der Waals surface area contributed by atoms with Gasteiger partial charge in [0.25, 0.3) is 5.91 Å². The van der Waals surface area contributed by atoms with Gasteiger partial charge in [-0.15, -0.1) is 11.3 Å². The highest BCUT2D eigenvalue weighted by Gasteiger charge is 2.34. The minimum absolute atomic E-state index is 0.0715. The first-order valence-corrected chi connectivity index (χ1v) is 12.9. The Kier molecular flexibility index (Phi) is 8.08. The van der Waals surface area contributed by atoms with E-state index in [1.807, 2.05) is 25.3 Å². The first-order chi connectivity index (χ1) is 16.8. The van der Waals surface area contributed by atoms with E-state index < -0.39 is 5.82 Å². The van der Waals surface area contributed by atoms with Crippen molar-refractivity contribution in [2.24, 2.45) is 5.92 Å². The summed E-state index contributed by atoms with van der Waals surface area (Å²) in [5.74, 6) is -0.577. The van der Waals surface area contributed by atoms with Crippen LogP contribution in [0, 0.1) is 11.7 Å². The average molecular weight is 515 g/mol. The zero-order valence-corrected chi connectivity index (χ0v) is 21.3. The number of nitrogens with zero attached hydrogens (tertiary/aromatic N) is 2. The second-order valence-corrected chi connectivity index (χ2v) is 10.4. The van der Waals surface area contributed by atoms with Gasteiger partial charge >= 0.3 is 0 Å². The van der Waals surface area contributed by atoms with Crippen molar-refractivity contribution in [3.63, 3.8) is 0 Å². The number of hydrogen-bond acceptors (Lipinski definition) is 4. The molecule has 1 atom stereocenters. The summed E-state index contributed by atoms with van der Waals surface area (Å²) in [5.41, 5.74) is 1.39. The van der Waals surface area contributed by atoms with E-state index in [-0.39, 0.29) is 42.7 Å². The van der Waals surface area contributed by atoms with Crippen LogP contribution in [0.4, 0.5) is 4.39 Å². The number of ether oxygens (including phenoxy) is 1. The lowest BCUT2D eigenvalue weighted by Gasteiger charge is -2.37. The van der Waals surface area contributed by atoms with E-state index in [4.69, 9.17) is 16.3 Å². The Labute approximate surface area is 214 Å². The monoisotopic (exact) mass is 514 g/mol. The molecule has 0 saturated heterocycles. The summed E-state index contributed by atoms with van der Waals surface area (Å²) in [6, 6.07) is 14.7. The van der Waals surface area contributed by atoms with Crippen molar-refractivity contribution >= 4 is 34.8 Å². The molecule has 2 heterocycles.